The number of rotatable bonds is 4. The number of nitrogens with one attached hydrogen (secondary N) is 1. The van der Waals surface area contributed by atoms with Crippen molar-refractivity contribution in [3.63, 3.8) is 0 Å². The number of carbonyl (C=O) groups excluding carboxylic acids is 1. The molecule has 0 aromatic heterocycles. The number of thioether (sulfide) groups is 1. The van der Waals surface area contributed by atoms with Crippen LogP contribution in [0.5, 0.6) is 5.75 Å². The zero-order valence-electron chi connectivity index (χ0n) is 15.3. The third kappa shape index (κ3) is 3.70. The minimum Gasteiger partial charge on any atom is -0.497 e. The van der Waals surface area contributed by atoms with Crippen LogP contribution in [0.2, 0.25) is 0 Å². The van der Waals surface area contributed by atoms with Gasteiger partial charge in [-0.3, -0.25) is 4.79 Å². The van der Waals surface area contributed by atoms with Crippen molar-refractivity contribution in [1.29, 1.82) is 0 Å². The van der Waals surface area contributed by atoms with Crippen LogP contribution in [-0.4, -0.2) is 43.4 Å². The molecule has 5 nitrogen and oxygen atoms in total. The molecule has 142 valence electrons. The number of nitrogens with zero attached hydrogens (tertiary/aromatic N) is 1. The Morgan fingerprint density at radius 2 is 2.00 bits per heavy atom. The summed E-state index contributed by atoms with van der Waals surface area (Å²) in [5.74, 6) is 0.523. The van der Waals surface area contributed by atoms with E-state index in [1.165, 1.54) is 0 Å². The lowest BCUT2D eigenvalue weighted by molar-refractivity contribution is -0.126. The number of anilines is 1. The Kier molecular flexibility index (Phi) is 5.38. The Hall–Kier alpha value is -2.02. The van der Waals surface area contributed by atoms with Gasteiger partial charge in [-0.1, -0.05) is 24.3 Å². The van der Waals surface area contributed by atoms with Gasteiger partial charge in [-0.25, -0.2) is 0 Å². The molecule has 0 saturated carbocycles. The second kappa shape index (κ2) is 7.92. The highest BCUT2D eigenvalue weighted by atomic mass is 32.2. The van der Waals surface area contributed by atoms with E-state index in [0.717, 1.165) is 41.3 Å². The largest absolute Gasteiger partial charge is 0.497 e. The molecule has 0 spiro atoms. The van der Waals surface area contributed by atoms with E-state index in [2.05, 4.69) is 5.32 Å². The summed E-state index contributed by atoms with van der Waals surface area (Å²) in [6.45, 7) is 1.57. The molecule has 0 unspecified atom stereocenters. The van der Waals surface area contributed by atoms with Gasteiger partial charge in [-0.15, -0.1) is 11.8 Å². The summed E-state index contributed by atoms with van der Waals surface area (Å²) in [4.78, 5) is 16.0. The third-order valence-corrected chi connectivity index (χ3v) is 6.61. The van der Waals surface area contributed by atoms with E-state index < -0.39 is 6.10 Å². The monoisotopic (exact) mass is 384 g/mol. The van der Waals surface area contributed by atoms with E-state index in [4.69, 9.17) is 4.74 Å². The van der Waals surface area contributed by atoms with Gasteiger partial charge in [-0.2, -0.15) is 0 Å². The minimum atomic E-state index is -1.10. The molecule has 6 heteroatoms. The molecule has 0 aliphatic carbocycles. The molecule has 2 aromatic rings. The number of methoxy groups -OCH3 is 1. The molecule has 3 atom stereocenters. The van der Waals surface area contributed by atoms with Crippen LogP contribution in [0.4, 0.5) is 5.69 Å². The Labute approximate surface area is 163 Å². The molecule has 1 saturated heterocycles. The van der Waals surface area contributed by atoms with Crippen LogP contribution < -0.4 is 15.0 Å². The van der Waals surface area contributed by atoms with Crippen LogP contribution in [0.25, 0.3) is 0 Å². The second-order valence-corrected chi connectivity index (χ2v) is 8.15. The van der Waals surface area contributed by atoms with Gasteiger partial charge in [0.05, 0.1) is 18.0 Å². The van der Waals surface area contributed by atoms with E-state index in [0.29, 0.717) is 6.54 Å². The first-order valence-electron chi connectivity index (χ1n) is 9.30. The Bertz CT molecular complexity index is 805. The first-order chi connectivity index (χ1) is 13.2. The molecule has 0 bridgehead atoms. The highest BCUT2D eigenvalue weighted by Gasteiger charge is 2.38. The van der Waals surface area contributed by atoms with Crippen LogP contribution in [-0.2, 0) is 4.79 Å². The van der Waals surface area contributed by atoms with Crippen LogP contribution in [0, 0.1) is 0 Å². The van der Waals surface area contributed by atoms with E-state index >= 15 is 0 Å². The molecular weight excluding hydrogens is 360 g/mol. The number of amides is 1. The summed E-state index contributed by atoms with van der Waals surface area (Å²) in [7, 11) is 1.62. The van der Waals surface area contributed by atoms with Crippen LogP contribution in [0.15, 0.2) is 53.4 Å². The average Bonchev–Trinajstić information content (AvgIpc) is 3.20. The maximum Gasteiger partial charge on any atom is 0.257 e. The highest BCUT2D eigenvalue weighted by Crippen LogP contribution is 2.46. The average molecular weight is 385 g/mol. The standard InChI is InChI=1S/C21H24N2O3S/c1-26-16-10-8-14(9-11-16)20-19(24)21(25)23(13-15-5-4-12-22-15)17-6-2-3-7-18(17)27-20/h2-3,6-11,15,19-20,22,24H,4-5,12-13H2,1H3/t15-,19+,20-/m0/s1. The minimum absolute atomic E-state index is 0.234. The maximum absolute atomic E-state index is 13.2. The molecule has 0 radical (unpaired) electrons. The first-order valence-corrected chi connectivity index (χ1v) is 10.2. The Morgan fingerprint density at radius 3 is 2.70 bits per heavy atom. The number of para-hydroxylation sites is 1. The second-order valence-electron chi connectivity index (χ2n) is 6.97. The number of hydrogen-bond donors (Lipinski definition) is 2. The SMILES string of the molecule is COc1ccc([C@@H]2Sc3ccccc3N(C[C@@H]3CCCN3)C(=O)[C@@H]2O)cc1. The van der Waals surface area contributed by atoms with E-state index in [1.807, 2.05) is 48.5 Å². The van der Waals surface area contributed by atoms with Gasteiger partial charge in [0.15, 0.2) is 0 Å². The van der Waals surface area contributed by atoms with Crippen molar-refractivity contribution in [3.05, 3.63) is 54.1 Å². The Balaban J connectivity index is 1.68. The normalized spacial score (nSPS) is 25.2. The zero-order chi connectivity index (χ0) is 18.8. The van der Waals surface area contributed by atoms with Crippen LogP contribution in [0.1, 0.15) is 23.7 Å². The predicted molar refractivity (Wildman–Crippen MR) is 107 cm³/mol. The highest BCUT2D eigenvalue weighted by molar-refractivity contribution is 7.99. The summed E-state index contributed by atoms with van der Waals surface area (Å²) >= 11 is 1.54. The molecular formula is C21H24N2O3S. The summed E-state index contributed by atoms with van der Waals surface area (Å²) in [6.07, 6.45) is 1.08. The molecule has 2 aliphatic heterocycles. The van der Waals surface area contributed by atoms with Gasteiger partial charge < -0.3 is 20.1 Å². The van der Waals surface area contributed by atoms with Crippen molar-refractivity contribution >= 4 is 23.4 Å². The fraction of sp³-hybridized carbons (Fsp3) is 0.381. The maximum atomic E-state index is 13.2. The molecule has 1 fully saturated rings. The lowest BCUT2D eigenvalue weighted by Gasteiger charge is -2.27. The van der Waals surface area contributed by atoms with E-state index in [-0.39, 0.29) is 17.2 Å². The number of hydrogen-bond acceptors (Lipinski definition) is 5. The fourth-order valence-corrected chi connectivity index (χ4v) is 5.02. The summed E-state index contributed by atoms with van der Waals surface area (Å²) in [5.41, 5.74) is 1.80. The molecule has 2 heterocycles. The fourth-order valence-electron chi connectivity index (χ4n) is 3.75. The number of fused-ring (bicyclic) bond motifs is 1. The van der Waals surface area contributed by atoms with Gasteiger partial charge in [0.25, 0.3) is 5.91 Å². The number of aliphatic hydroxyl groups excluding tert-OH is 1. The van der Waals surface area contributed by atoms with Crippen molar-refractivity contribution in [2.45, 2.75) is 35.1 Å². The quantitative estimate of drug-likeness (QED) is 0.849. The lowest BCUT2D eigenvalue weighted by atomic mass is 10.1. The topological polar surface area (TPSA) is 61.8 Å². The predicted octanol–water partition coefficient (Wildman–Crippen LogP) is 2.99. The molecule has 1 amide bonds. The zero-order valence-corrected chi connectivity index (χ0v) is 16.1. The molecule has 27 heavy (non-hydrogen) atoms. The Morgan fingerprint density at radius 1 is 1.22 bits per heavy atom. The number of aliphatic hydroxyl groups is 1. The molecule has 2 aliphatic rings. The molecule has 2 aromatic carbocycles. The molecule has 4 rings (SSSR count). The number of ether oxygens (including phenoxy) is 1. The van der Waals surface area contributed by atoms with E-state index in [9.17, 15) is 9.90 Å². The first kappa shape index (κ1) is 18.3. The van der Waals surface area contributed by atoms with Gasteiger partial charge in [-0.05, 0) is 49.2 Å². The summed E-state index contributed by atoms with van der Waals surface area (Å²) < 4.78 is 5.23. The van der Waals surface area contributed by atoms with Crippen molar-refractivity contribution in [2.24, 2.45) is 0 Å². The summed E-state index contributed by atoms with van der Waals surface area (Å²) in [6, 6.07) is 15.8. The van der Waals surface area contributed by atoms with Gasteiger partial charge in [0.1, 0.15) is 11.9 Å². The van der Waals surface area contributed by atoms with Gasteiger partial charge in [0.2, 0.25) is 0 Å². The third-order valence-electron chi connectivity index (χ3n) is 5.23. The lowest BCUT2D eigenvalue weighted by Crippen LogP contribution is -2.46. The molecule has 2 N–H and O–H groups in total. The van der Waals surface area contributed by atoms with Crippen molar-refractivity contribution in [3.8, 4) is 5.75 Å². The number of carbonyl (C=O) groups is 1. The van der Waals surface area contributed by atoms with Crippen LogP contribution in [0.3, 0.4) is 0 Å². The van der Waals surface area contributed by atoms with Crippen molar-refractivity contribution in [2.75, 3.05) is 25.1 Å². The van der Waals surface area contributed by atoms with Crippen molar-refractivity contribution < 1.29 is 14.6 Å². The van der Waals surface area contributed by atoms with Crippen molar-refractivity contribution in [1.82, 2.24) is 5.32 Å². The number of benzene rings is 2. The van der Waals surface area contributed by atoms with Gasteiger partial charge in [0, 0.05) is 17.5 Å². The van der Waals surface area contributed by atoms with E-state index in [1.54, 1.807) is 23.8 Å². The van der Waals surface area contributed by atoms with Crippen LogP contribution >= 0.6 is 11.8 Å². The summed E-state index contributed by atoms with van der Waals surface area (Å²) in [5, 5.41) is 14.0. The smallest absolute Gasteiger partial charge is 0.257 e. The van der Waals surface area contributed by atoms with Gasteiger partial charge >= 0.3 is 0 Å².